The molecule has 1 aromatic carbocycles. The normalized spacial score (nSPS) is 12.2. The van der Waals surface area contributed by atoms with Gasteiger partial charge < -0.3 is 4.74 Å². The first-order chi connectivity index (χ1) is 9.79. The van der Waals surface area contributed by atoms with Gasteiger partial charge in [-0.05, 0) is 62.8 Å². The summed E-state index contributed by atoms with van der Waals surface area (Å²) in [5, 5.41) is 0. The molecule has 0 N–H and O–H groups in total. The molecule has 1 aromatic rings. The van der Waals surface area contributed by atoms with Crippen molar-refractivity contribution >= 4 is 0 Å². The van der Waals surface area contributed by atoms with Crippen molar-refractivity contribution < 1.29 is 4.74 Å². The molecule has 0 saturated carbocycles. The predicted octanol–water partition coefficient (Wildman–Crippen LogP) is 6.06. The number of hydrogen-bond donors (Lipinski definition) is 0. The van der Waals surface area contributed by atoms with Crippen molar-refractivity contribution in [1.82, 2.24) is 0 Å². The summed E-state index contributed by atoms with van der Waals surface area (Å²) in [6.07, 6.45) is 6.68. The van der Waals surface area contributed by atoms with Gasteiger partial charge in [0.1, 0.15) is 12.4 Å². The highest BCUT2D eigenvalue weighted by atomic mass is 16.5. The second-order valence-corrected chi connectivity index (χ2v) is 6.96. The van der Waals surface area contributed by atoms with Crippen LogP contribution >= 0.6 is 0 Å². The zero-order chi connectivity index (χ0) is 15.9. The maximum Gasteiger partial charge on any atom is 0.119 e. The third-order valence-corrected chi connectivity index (χ3v) is 3.49. The third kappa shape index (κ3) is 7.17. The number of hydrogen-bond acceptors (Lipinski definition) is 1. The van der Waals surface area contributed by atoms with Crippen molar-refractivity contribution in [1.29, 1.82) is 0 Å². The molecule has 0 bridgehead atoms. The van der Waals surface area contributed by atoms with E-state index < -0.39 is 0 Å². The van der Waals surface area contributed by atoms with E-state index in [4.69, 9.17) is 4.74 Å². The van der Waals surface area contributed by atoms with Crippen molar-refractivity contribution in [3.05, 3.63) is 53.1 Å². The standard InChI is InChI=1S/C20H30O/c1-16(2)8-7-9-17(3)14-15-21-19-12-10-18(11-13-19)20(4,5)6/h8,10-14H,7,9,15H2,1-6H3/b17-14+. The molecule has 0 aromatic heterocycles. The van der Waals surface area contributed by atoms with E-state index in [1.807, 2.05) is 0 Å². The Labute approximate surface area is 130 Å². The van der Waals surface area contributed by atoms with E-state index in [2.05, 4.69) is 78.0 Å². The lowest BCUT2D eigenvalue weighted by Gasteiger charge is -2.19. The lowest BCUT2D eigenvalue weighted by atomic mass is 9.87. The van der Waals surface area contributed by atoms with Crippen LogP contribution in [0.25, 0.3) is 0 Å². The lowest BCUT2D eigenvalue weighted by molar-refractivity contribution is 0.361. The SMILES string of the molecule is CC(C)=CCC/C(C)=C/COc1ccc(C(C)(C)C)cc1. The van der Waals surface area contributed by atoms with E-state index >= 15 is 0 Å². The maximum absolute atomic E-state index is 5.78. The van der Waals surface area contributed by atoms with Gasteiger partial charge in [0.15, 0.2) is 0 Å². The zero-order valence-corrected chi connectivity index (χ0v) is 14.5. The summed E-state index contributed by atoms with van der Waals surface area (Å²) >= 11 is 0. The first-order valence-electron chi connectivity index (χ1n) is 7.81. The minimum atomic E-state index is 0.194. The van der Waals surface area contributed by atoms with Crippen molar-refractivity contribution in [2.24, 2.45) is 0 Å². The fraction of sp³-hybridized carbons (Fsp3) is 0.500. The van der Waals surface area contributed by atoms with E-state index in [0.29, 0.717) is 6.61 Å². The number of ether oxygens (including phenoxy) is 1. The fourth-order valence-electron chi connectivity index (χ4n) is 2.02. The van der Waals surface area contributed by atoms with E-state index in [-0.39, 0.29) is 5.41 Å². The van der Waals surface area contributed by atoms with Gasteiger partial charge in [0.25, 0.3) is 0 Å². The molecule has 0 unspecified atom stereocenters. The highest BCUT2D eigenvalue weighted by molar-refractivity contribution is 5.31. The Morgan fingerprint density at radius 2 is 1.62 bits per heavy atom. The van der Waals surface area contributed by atoms with Gasteiger partial charge in [-0.1, -0.05) is 50.1 Å². The number of allylic oxidation sites excluding steroid dienone is 3. The van der Waals surface area contributed by atoms with Gasteiger partial charge in [0.2, 0.25) is 0 Å². The van der Waals surface area contributed by atoms with Crippen LogP contribution in [0.2, 0.25) is 0 Å². The highest BCUT2D eigenvalue weighted by Crippen LogP contribution is 2.24. The summed E-state index contributed by atoms with van der Waals surface area (Å²) in [5.74, 6) is 0.941. The molecule has 0 radical (unpaired) electrons. The highest BCUT2D eigenvalue weighted by Gasteiger charge is 2.12. The van der Waals surface area contributed by atoms with Crippen LogP contribution in [0, 0.1) is 0 Å². The van der Waals surface area contributed by atoms with Crippen LogP contribution in [0.5, 0.6) is 5.75 Å². The molecule has 0 saturated heterocycles. The fourth-order valence-corrected chi connectivity index (χ4v) is 2.02. The minimum Gasteiger partial charge on any atom is -0.490 e. The number of benzene rings is 1. The Bertz CT molecular complexity index is 480. The molecule has 21 heavy (non-hydrogen) atoms. The number of rotatable bonds is 6. The van der Waals surface area contributed by atoms with Gasteiger partial charge in [0.05, 0.1) is 0 Å². The van der Waals surface area contributed by atoms with E-state index in [9.17, 15) is 0 Å². The molecule has 1 rings (SSSR count). The molecule has 0 aliphatic heterocycles. The second-order valence-electron chi connectivity index (χ2n) is 6.96. The second kappa shape index (κ2) is 8.07. The maximum atomic E-state index is 5.78. The molecule has 0 fully saturated rings. The van der Waals surface area contributed by atoms with Crippen LogP contribution in [0.3, 0.4) is 0 Å². The van der Waals surface area contributed by atoms with Crippen LogP contribution in [0.15, 0.2) is 47.6 Å². The van der Waals surface area contributed by atoms with Crippen molar-refractivity contribution in [3.8, 4) is 5.75 Å². The first-order valence-corrected chi connectivity index (χ1v) is 7.81. The molecule has 116 valence electrons. The Hall–Kier alpha value is -1.50. The Morgan fingerprint density at radius 3 is 2.14 bits per heavy atom. The van der Waals surface area contributed by atoms with Crippen LogP contribution in [0.1, 0.15) is 59.9 Å². The Balaban J connectivity index is 2.43. The lowest BCUT2D eigenvalue weighted by Crippen LogP contribution is -2.10. The Kier molecular flexibility index (Phi) is 6.74. The van der Waals surface area contributed by atoms with Gasteiger partial charge in [-0.15, -0.1) is 0 Å². The monoisotopic (exact) mass is 286 g/mol. The van der Waals surface area contributed by atoms with Gasteiger partial charge in [-0.25, -0.2) is 0 Å². The van der Waals surface area contributed by atoms with Crippen molar-refractivity contribution in [2.45, 2.75) is 59.8 Å². The van der Waals surface area contributed by atoms with Crippen LogP contribution < -0.4 is 4.74 Å². The molecule has 0 amide bonds. The molecular weight excluding hydrogens is 256 g/mol. The molecule has 1 heteroatoms. The quantitative estimate of drug-likeness (QED) is 0.578. The van der Waals surface area contributed by atoms with Gasteiger partial charge in [0, 0.05) is 0 Å². The van der Waals surface area contributed by atoms with Gasteiger partial charge in [-0.2, -0.15) is 0 Å². The average molecular weight is 286 g/mol. The molecule has 0 spiro atoms. The van der Waals surface area contributed by atoms with E-state index in [0.717, 1.165) is 18.6 Å². The van der Waals surface area contributed by atoms with Crippen LogP contribution in [-0.4, -0.2) is 6.61 Å². The summed E-state index contributed by atoms with van der Waals surface area (Å²) in [4.78, 5) is 0. The molecule has 0 aliphatic carbocycles. The topological polar surface area (TPSA) is 9.23 Å². The summed E-state index contributed by atoms with van der Waals surface area (Å²) in [5.41, 5.74) is 4.31. The summed E-state index contributed by atoms with van der Waals surface area (Å²) in [6.45, 7) is 13.8. The van der Waals surface area contributed by atoms with E-state index in [1.165, 1.54) is 16.7 Å². The third-order valence-electron chi connectivity index (χ3n) is 3.49. The van der Waals surface area contributed by atoms with Gasteiger partial charge in [-0.3, -0.25) is 0 Å². The average Bonchev–Trinajstić information content (AvgIpc) is 2.38. The predicted molar refractivity (Wildman–Crippen MR) is 93.1 cm³/mol. The molecular formula is C20H30O. The minimum absolute atomic E-state index is 0.194. The Morgan fingerprint density at radius 1 is 1.00 bits per heavy atom. The molecule has 0 atom stereocenters. The van der Waals surface area contributed by atoms with Crippen LogP contribution in [-0.2, 0) is 5.41 Å². The van der Waals surface area contributed by atoms with E-state index in [1.54, 1.807) is 0 Å². The summed E-state index contributed by atoms with van der Waals surface area (Å²) in [7, 11) is 0. The zero-order valence-electron chi connectivity index (χ0n) is 14.5. The summed E-state index contributed by atoms with van der Waals surface area (Å²) in [6, 6.07) is 8.43. The van der Waals surface area contributed by atoms with Crippen molar-refractivity contribution in [3.63, 3.8) is 0 Å². The van der Waals surface area contributed by atoms with Crippen molar-refractivity contribution in [2.75, 3.05) is 6.61 Å². The van der Waals surface area contributed by atoms with Crippen LogP contribution in [0.4, 0.5) is 0 Å². The smallest absolute Gasteiger partial charge is 0.119 e. The molecule has 0 heterocycles. The largest absolute Gasteiger partial charge is 0.490 e. The molecule has 0 aliphatic rings. The summed E-state index contributed by atoms with van der Waals surface area (Å²) < 4.78 is 5.78. The van der Waals surface area contributed by atoms with Gasteiger partial charge >= 0.3 is 0 Å². The first kappa shape index (κ1) is 17.6. The molecule has 1 nitrogen and oxygen atoms in total.